The van der Waals surface area contributed by atoms with Gasteiger partial charge >= 0.3 is 5.97 Å². The summed E-state index contributed by atoms with van der Waals surface area (Å²) in [7, 11) is 1.87. The van der Waals surface area contributed by atoms with Gasteiger partial charge < -0.3 is 20.0 Å². The Morgan fingerprint density at radius 2 is 1.45 bits per heavy atom. The molecule has 0 aromatic heterocycles. The maximum atomic E-state index is 13.9. The number of hydrogen-bond acceptors (Lipinski definition) is 9. The Hall–Kier alpha value is -5.36. The Balaban J connectivity index is 1.44. The van der Waals surface area contributed by atoms with E-state index in [1.165, 1.54) is 18.2 Å². The van der Waals surface area contributed by atoms with E-state index in [-0.39, 0.29) is 17.7 Å². The smallest absolute Gasteiger partial charge is 0.341 e. The highest BCUT2D eigenvalue weighted by molar-refractivity contribution is 6.17. The largest absolute Gasteiger partial charge is 0.479 e. The van der Waals surface area contributed by atoms with Crippen molar-refractivity contribution in [1.82, 2.24) is 0 Å². The third-order valence-electron chi connectivity index (χ3n) is 10.0. The Morgan fingerprint density at radius 3 is 2.00 bits per heavy atom. The van der Waals surface area contributed by atoms with E-state index in [0.717, 1.165) is 22.9 Å². The Bertz CT molecular complexity index is 1910. The molecule has 0 saturated heterocycles. The minimum Gasteiger partial charge on any atom is -0.479 e. The summed E-state index contributed by atoms with van der Waals surface area (Å²) in [5.41, 5.74) is -0.634. The van der Waals surface area contributed by atoms with Crippen molar-refractivity contribution in [2.24, 2.45) is 5.92 Å². The van der Waals surface area contributed by atoms with Gasteiger partial charge in [-0.05, 0) is 34.9 Å². The second-order valence-corrected chi connectivity index (χ2v) is 13.4. The maximum Gasteiger partial charge on any atom is 0.341 e. The number of fused-ring (bicyclic) bond motifs is 2. The van der Waals surface area contributed by atoms with Crippen LogP contribution in [0.4, 0.5) is 22.7 Å². The lowest BCUT2D eigenvalue weighted by Gasteiger charge is -2.44. The number of carboxylic acids is 1. The molecule has 2 N–H and O–H groups in total. The fourth-order valence-electron chi connectivity index (χ4n) is 7.50. The van der Waals surface area contributed by atoms with E-state index in [0.29, 0.717) is 11.4 Å². The van der Waals surface area contributed by atoms with Gasteiger partial charge in [-0.2, -0.15) is 0 Å². The minimum absolute atomic E-state index is 0.0524. The molecule has 2 aliphatic heterocycles. The van der Waals surface area contributed by atoms with Crippen LogP contribution in [0.1, 0.15) is 44.4 Å². The Kier molecular flexibility index (Phi) is 7.13. The van der Waals surface area contributed by atoms with Crippen LogP contribution in [0.25, 0.3) is 0 Å². The van der Waals surface area contributed by atoms with Crippen LogP contribution in [-0.4, -0.2) is 50.5 Å². The molecule has 3 aromatic carbocycles. The van der Waals surface area contributed by atoms with E-state index < -0.39 is 61.4 Å². The molecule has 1 aliphatic carbocycles. The lowest BCUT2D eigenvalue weighted by Crippen LogP contribution is -2.62. The summed E-state index contributed by atoms with van der Waals surface area (Å²) in [4.78, 5) is 52.3. The molecular weight excluding hydrogens is 604 g/mol. The molecule has 242 valence electrons. The van der Waals surface area contributed by atoms with Crippen molar-refractivity contribution in [2.45, 2.75) is 56.7 Å². The molecule has 3 aliphatic rings. The average Bonchev–Trinajstić information content (AvgIpc) is 3.35. The van der Waals surface area contributed by atoms with Crippen molar-refractivity contribution < 1.29 is 29.6 Å². The quantitative estimate of drug-likeness (QED) is 0.194. The maximum absolute atomic E-state index is 13.9. The molecule has 12 nitrogen and oxygen atoms in total. The van der Waals surface area contributed by atoms with Gasteiger partial charge in [-0.1, -0.05) is 70.2 Å². The molecule has 3 aromatic rings. The first-order valence-corrected chi connectivity index (χ1v) is 15.1. The predicted molar refractivity (Wildman–Crippen MR) is 174 cm³/mol. The molecule has 0 bridgehead atoms. The molecule has 6 rings (SSSR count). The van der Waals surface area contributed by atoms with Crippen LogP contribution in [-0.2, 0) is 27.0 Å². The van der Waals surface area contributed by atoms with Crippen LogP contribution in [0.2, 0.25) is 0 Å². The number of rotatable bonds is 7. The minimum atomic E-state index is -2.52. The molecule has 3 unspecified atom stereocenters. The number of non-ortho nitro benzene ring substituents is 2. The third-order valence-corrected chi connectivity index (χ3v) is 10.0. The van der Waals surface area contributed by atoms with Gasteiger partial charge in [0, 0.05) is 59.2 Å². The van der Waals surface area contributed by atoms with Crippen LogP contribution in [0, 0.1) is 26.1 Å². The highest BCUT2D eigenvalue weighted by atomic mass is 16.6. The molecule has 0 radical (unpaired) electrons. The number of allylic oxidation sites excluding steroid dienone is 1. The molecule has 2 heterocycles. The van der Waals surface area contributed by atoms with Crippen LogP contribution in [0.3, 0.4) is 0 Å². The number of para-hydroxylation sites is 2. The number of carbonyl (C=O) groups excluding carboxylic acids is 1. The predicted octanol–water partition coefficient (Wildman–Crippen LogP) is 5.42. The summed E-state index contributed by atoms with van der Waals surface area (Å²) in [5, 5.41) is 45.4. The van der Waals surface area contributed by atoms with E-state index in [4.69, 9.17) is 0 Å². The van der Waals surface area contributed by atoms with E-state index in [1.54, 1.807) is 17.0 Å². The number of nitro groups is 2. The second kappa shape index (κ2) is 10.6. The summed E-state index contributed by atoms with van der Waals surface area (Å²) in [6.45, 7) is 7.74. The number of Topliss-reactive ketones (excluding diaryl/α,β-unsaturated/α-hetero) is 1. The van der Waals surface area contributed by atoms with Crippen LogP contribution in [0.5, 0.6) is 0 Å². The summed E-state index contributed by atoms with van der Waals surface area (Å²) in [6, 6.07) is 18.1. The highest BCUT2D eigenvalue weighted by Gasteiger charge is 2.63. The van der Waals surface area contributed by atoms with Crippen molar-refractivity contribution in [2.75, 3.05) is 16.8 Å². The van der Waals surface area contributed by atoms with Gasteiger partial charge in [-0.3, -0.25) is 25.0 Å². The van der Waals surface area contributed by atoms with Crippen molar-refractivity contribution in [3.05, 3.63) is 127 Å². The van der Waals surface area contributed by atoms with E-state index in [1.807, 2.05) is 82.1 Å². The SMILES string of the molecule is CN1c2ccccc2C(C)(C)C1C=C1C(=O)C(C=C2N(Cc3cc([N+](=O)[O-])cc([N+](=O)[O-])c3)c3ccccc3C2(C)C)C1(O)C(=O)O. The molecule has 0 amide bonds. The average molecular weight is 639 g/mol. The molecule has 0 spiro atoms. The summed E-state index contributed by atoms with van der Waals surface area (Å²) >= 11 is 0. The van der Waals surface area contributed by atoms with E-state index >= 15 is 0 Å². The summed E-state index contributed by atoms with van der Waals surface area (Å²) in [6.07, 6.45) is 3.04. The Labute approximate surface area is 270 Å². The van der Waals surface area contributed by atoms with E-state index in [2.05, 4.69) is 0 Å². The summed E-state index contributed by atoms with van der Waals surface area (Å²) in [5.74, 6) is -3.52. The number of nitro benzene ring substituents is 2. The number of nitrogens with zero attached hydrogens (tertiary/aromatic N) is 4. The first kappa shape index (κ1) is 31.6. The molecular formula is C35H34N4O8. The fraction of sp³-hybridized carbons (Fsp3) is 0.314. The first-order valence-electron chi connectivity index (χ1n) is 15.1. The number of aliphatic carboxylic acids is 1. The monoisotopic (exact) mass is 638 g/mol. The van der Waals surface area contributed by atoms with Gasteiger partial charge in [0.1, 0.15) is 0 Å². The number of hydrogen-bond donors (Lipinski definition) is 2. The molecule has 3 atom stereocenters. The van der Waals surface area contributed by atoms with Gasteiger partial charge in [-0.25, -0.2) is 4.79 Å². The van der Waals surface area contributed by atoms with Crippen molar-refractivity contribution >= 4 is 34.5 Å². The Morgan fingerprint density at radius 1 is 0.894 bits per heavy atom. The second-order valence-electron chi connectivity index (χ2n) is 13.4. The zero-order chi connectivity index (χ0) is 34.2. The lowest BCUT2D eigenvalue weighted by molar-refractivity contribution is -0.394. The standard InChI is InChI=1S/C35H34N4O8/c1-33(2)23-10-6-8-12-27(23)36(5)29(33)17-25-31(40)26(35(25,43)32(41)42)18-30-34(3,4)24-11-7-9-13-28(24)37(30)19-20-14-21(38(44)45)16-22(15-20)39(46)47/h6-18,26,29,43H,19H2,1-5H3,(H,41,42). The van der Waals surface area contributed by atoms with Crippen molar-refractivity contribution in [3.8, 4) is 0 Å². The number of likely N-dealkylation sites (N-methyl/N-ethyl adjacent to an activating group) is 1. The van der Waals surface area contributed by atoms with Crippen LogP contribution < -0.4 is 9.80 Å². The van der Waals surface area contributed by atoms with Crippen molar-refractivity contribution in [3.63, 3.8) is 0 Å². The third kappa shape index (κ3) is 4.62. The van der Waals surface area contributed by atoms with Gasteiger partial charge in [0.2, 0.25) is 5.60 Å². The van der Waals surface area contributed by atoms with E-state index in [9.17, 15) is 40.0 Å². The van der Waals surface area contributed by atoms with Gasteiger partial charge in [0.05, 0.1) is 27.9 Å². The zero-order valence-electron chi connectivity index (χ0n) is 26.5. The van der Waals surface area contributed by atoms with Crippen LogP contribution >= 0.6 is 0 Å². The van der Waals surface area contributed by atoms with Gasteiger partial charge in [0.25, 0.3) is 11.4 Å². The highest BCUT2D eigenvalue weighted by Crippen LogP contribution is 2.53. The lowest BCUT2D eigenvalue weighted by atomic mass is 9.61. The van der Waals surface area contributed by atoms with Gasteiger partial charge in [-0.15, -0.1) is 0 Å². The van der Waals surface area contributed by atoms with Crippen molar-refractivity contribution in [1.29, 1.82) is 0 Å². The molecule has 1 fully saturated rings. The first-order chi connectivity index (χ1) is 22.0. The van der Waals surface area contributed by atoms with Crippen LogP contribution in [0.15, 0.2) is 90.2 Å². The number of benzene rings is 3. The molecule has 1 saturated carbocycles. The topological polar surface area (TPSA) is 167 Å². The number of carbonyl (C=O) groups is 2. The fourth-order valence-corrected chi connectivity index (χ4v) is 7.50. The number of ketones is 1. The normalized spacial score (nSPS) is 25.4. The molecule has 12 heteroatoms. The van der Waals surface area contributed by atoms with Gasteiger partial charge in [0.15, 0.2) is 5.78 Å². The summed E-state index contributed by atoms with van der Waals surface area (Å²) < 4.78 is 0. The number of carboxylic acid groups (broad SMARTS) is 1. The number of aliphatic hydroxyl groups is 1. The number of anilines is 2. The molecule has 47 heavy (non-hydrogen) atoms. The zero-order valence-corrected chi connectivity index (χ0v) is 26.5.